The molecule has 0 bridgehead atoms. The molecule has 0 aromatic heterocycles. The van der Waals surface area contributed by atoms with Crippen LogP contribution in [0.3, 0.4) is 0 Å². The van der Waals surface area contributed by atoms with E-state index in [1.807, 2.05) is 6.08 Å². The Morgan fingerprint density at radius 2 is 0.852 bits per heavy atom. The molecule has 470 valence electrons. The third-order valence-corrected chi connectivity index (χ3v) is 15.6. The monoisotopic (exact) mass is 1150 g/mol. The fraction of sp³-hybridized carbons (Fsp3) is 0.806. The standard InChI is InChI=1S/C67H119NO13/c1-3-5-7-9-11-13-15-17-18-19-20-21-22-23-24-25-26-27-28-29-30-31-32-33-34-35-36-37-38-39-41-43-45-47-49-51-59(72)68-55(56(71)50-48-46-44-42-40-16-14-12-10-8-6-4-2)54-78-66-64(77)62(75)65(58(53-70)80-66)81-67-63(76)61(74)60(73)57(52-69)79-67/h5,7,11,13,17-18,20-21,23-24,48,50,55-58,60-67,69-71,73-77H,3-4,6,8-10,12,14-16,19,22,25-47,49,51-54H2,1-2H3,(H,68,72)/b7-5-,13-11-,18-17-,21-20-,24-23-,50-48+. The third-order valence-electron chi connectivity index (χ3n) is 15.6. The molecule has 12 unspecified atom stereocenters. The van der Waals surface area contributed by atoms with Gasteiger partial charge in [-0.3, -0.25) is 4.79 Å². The number of nitrogens with one attached hydrogen (secondary N) is 1. The number of carbonyl (C=O) groups is 1. The normalized spacial score (nSPS) is 24.6. The van der Waals surface area contributed by atoms with Crippen molar-refractivity contribution in [1.82, 2.24) is 5.32 Å². The van der Waals surface area contributed by atoms with Gasteiger partial charge in [-0.2, -0.15) is 0 Å². The van der Waals surface area contributed by atoms with Crippen LogP contribution in [0.15, 0.2) is 72.9 Å². The van der Waals surface area contributed by atoms with Gasteiger partial charge in [0.15, 0.2) is 12.6 Å². The average Bonchev–Trinajstić information content (AvgIpc) is 3.46. The van der Waals surface area contributed by atoms with Crippen molar-refractivity contribution in [1.29, 1.82) is 0 Å². The maximum atomic E-state index is 13.3. The van der Waals surface area contributed by atoms with E-state index in [4.69, 9.17) is 18.9 Å². The van der Waals surface area contributed by atoms with Gasteiger partial charge in [0.25, 0.3) is 0 Å². The van der Waals surface area contributed by atoms with E-state index in [0.29, 0.717) is 6.42 Å². The van der Waals surface area contributed by atoms with Crippen molar-refractivity contribution in [3.05, 3.63) is 72.9 Å². The molecule has 1 amide bonds. The lowest BCUT2D eigenvalue weighted by atomic mass is 9.97. The summed E-state index contributed by atoms with van der Waals surface area (Å²) in [5.41, 5.74) is 0. The first-order valence-electron chi connectivity index (χ1n) is 32.7. The van der Waals surface area contributed by atoms with E-state index in [2.05, 4.69) is 79.9 Å². The molecule has 2 saturated heterocycles. The summed E-state index contributed by atoms with van der Waals surface area (Å²) in [4.78, 5) is 13.3. The summed E-state index contributed by atoms with van der Waals surface area (Å²) < 4.78 is 22.8. The molecule has 14 nitrogen and oxygen atoms in total. The van der Waals surface area contributed by atoms with Crippen LogP contribution in [0.2, 0.25) is 0 Å². The average molecular weight is 1150 g/mol. The quantitative estimate of drug-likeness (QED) is 0.0204. The Kier molecular flexibility index (Phi) is 47.7. The van der Waals surface area contributed by atoms with Crippen molar-refractivity contribution in [3.63, 3.8) is 0 Å². The van der Waals surface area contributed by atoms with Crippen molar-refractivity contribution in [3.8, 4) is 0 Å². The van der Waals surface area contributed by atoms with Crippen LogP contribution < -0.4 is 5.32 Å². The molecular formula is C67H119NO13. The van der Waals surface area contributed by atoms with Crippen LogP contribution in [0.5, 0.6) is 0 Å². The number of aliphatic hydroxyl groups is 8. The molecule has 2 aliphatic heterocycles. The topological polar surface area (TPSA) is 228 Å². The Bertz CT molecular complexity index is 1630. The Morgan fingerprint density at radius 3 is 1.31 bits per heavy atom. The fourth-order valence-corrected chi connectivity index (χ4v) is 10.4. The van der Waals surface area contributed by atoms with Gasteiger partial charge in [0.05, 0.1) is 32.0 Å². The second-order valence-corrected chi connectivity index (χ2v) is 22.9. The number of carbonyl (C=O) groups excluding carboxylic acids is 1. The maximum absolute atomic E-state index is 13.3. The minimum absolute atomic E-state index is 0.239. The van der Waals surface area contributed by atoms with Gasteiger partial charge in [-0.1, -0.05) is 254 Å². The summed E-state index contributed by atoms with van der Waals surface area (Å²) >= 11 is 0. The molecule has 14 heteroatoms. The van der Waals surface area contributed by atoms with E-state index in [9.17, 15) is 45.6 Å². The van der Waals surface area contributed by atoms with Gasteiger partial charge in [-0.05, 0) is 64.2 Å². The van der Waals surface area contributed by atoms with Crippen molar-refractivity contribution in [2.45, 2.75) is 325 Å². The van der Waals surface area contributed by atoms with E-state index in [1.54, 1.807) is 6.08 Å². The first kappa shape index (κ1) is 74.5. The molecule has 9 N–H and O–H groups in total. The zero-order valence-electron chi connectivity index (χ0n) is 50.8. The van der Waals surface area contributed by atoms with Crippen LogP contribution >= 0.6 is 0 Å². The van der Waals surface area contributed by atoms with Crippen molar-refractivity contribution < 1.29 is 64.6 Å². The van der Waals surface area contributed by atoms with E-state index < -0.39 is 86.8 Å². The van der Waals surface area contributed by atoms with Crippen LogP contribution in [0, 0.1) is 0 Å². The molecule has 0 saturated carbocycles. The van der Waals surface area contributed by atoms with Gasteiger partial charge in [-0.15, -0.1) is 0 Å². The Balaban J connectivity index is 1.60. The third kappa shape index (κ3) is 36.8. The molecule has 2 aliphatic rings. The van der Waals surface area contributed by atoms with E-state index in [-0.39, 0.29) is 18.9 Å². The van der Waals surface area contributed by atoms with E-state index >= 15 is 0 Å². The highest BCUT2D eigenvalue weighted by Crippen LogP contribution is 2.30. The highest BCUT2D eigenvalue weighted by atomic mass is 16.7. The van der Waals surface area contributed by atoms with Crippen molar-refractivity contribution >= 4 is 5.91 Å². The summed E-state index contributed by atoms with van der Waals surface area (Å²) in [7, 11) is 0. The molecular weight excluding hydrogens is 1030 g/mol. The lowest BCUT2D eigenvalue weighted by Gasteiger charge is -2.46. The van der Waals surface area contributed by atoms with Gasteiger partial charge in [-0.25, -0.2) is 0 Å². The second kappa shape index (κ2) is 51.8. The fourth-order valence-electron chi connectivity index (χ4n) is 10.4. The summed E-state index contributed by atoms with van der Waals surface area (Å²) in [6, 6.07) is -0.915. The molecule has 2 heterocycles. The van der Waals surface area contributed by atoms with E-state index in [0.717, 1.165) is 70.6 Å². The first-order chi connectivity index (χ1) is 39.6. The molecule has 2 rings (SSSR count). The van der Waals surface area contributed by atoms with Gasteiger partial charge in [0.1, 0.15) is 48.8 Å². The van der Waals surface area contributed by atoms with Crippen LogP contribution in [0.4, 0.5) is 0 Å². The summed E-state index contributed by atoms with van der Waals surface area (Å²) in [5, 5.41) is 87.1. The van der Waals surface area contributed by atoms with E-state index in [1.165, 1.54) is 154 Å². The van der Waals surface area contributed by atoms with Crippen molar-refractivity contribution in [2.75, 3.05) is 19.8 Å². The number of rotatable bonds is 52. The first-order valence-corrected chi connectivity index (χ1v) is 32.7. The summed E-state index contributed by atoms with van der Waals surface area (Å²) in [6.45, 7) is 2.68. The van der Waals surface area contributed by atoms with Crippen LogP contribution in [0.25, 0.3) is 0 Å². The molecule has 0 radical (unpaired) electrons. The summed E-state index contributed by atoms with van der Waals surface area (Å²) in [6.07, 6.45) is 52.5. The van der Waals surface area contributed by atoms with Crippen LogP contribution in [-0.4, -0.2) is 140 Å². The Morgan fingerprint density at radius 1 is 0.457 bits per heavy atom. The number of ether oxygens (including phenoxy) is 4. The lowest BCUT2D eigenvalue weighted by Crippen LogP contribution is -2.65. The van der Waals surface area contributed by atoms with Gasteiger partial charge in [0.2, 0.25) is 5.91 Å². The molecule has 0 aliphatic carbocycles. The zero-order valence-corrected chi connectivity index (χ0v) is 50.8. The predicted octanol–water partition coefficient (Wildman–Crippen LogP) is 12.3. The number of amides is 1. The second-order valence-electron chi connectivity index (χ2n) is 22.9. The number of hydrogen-bond donors (Lipinski definition) is 9. The van der Waals surface area contributed by atoms with Gasteiger partial charge >= 0.3 is 0 Å². The number of aliphatic hydroxyl groups excluding tert-OH is 8. The predicted molar refractivity (Wildman–Crippen MR) is 327 cm³/mol. The van der Waals surface area contributed by atoms with Crippen LogP contribution in [0.1, 0.15) is 251 Å². The smallest absolute Gasteiger partial charge is 0.220 e. The molecule has 0 spiro atoms. The van der Waals surface area contributed by atoms with Gasteiger partial charge in [0, 0.05) is 6.42 Å². The minimum atomic E-state index is -1.79. The minimum Gasteiger partial charge on any atom is -0.394 e. The van der Waals surface area contributed by atoms with Crippen molar-refractivity contribution in [2.24, 2.45) is 0 Å². The zero-order chi connectivity index (χ0) is 58.8. The number of unbranched alkanes of at least 4 members (excludes halogenated alkanes) is 29. The molecule has 12 atom stereocenters. The molecule has 0 aromatic rings. The van der Waals surface area contributed by atoms with Crippen LogP contribution in [-0.2, 0) is 23.7 Å². The Labute approximate surface area is 491 Å². The maximum Gasteiger partial charge on any atom is 0.220 e. The number of hydrogen-bond acceptors (Lipinski definition) is 13. The molecule has 0 aromatic carbocycles. The summed E-state index contributed by atoms with van der Waals surface area (Å²) in [5.74, 6) is -0.239. The van der Waals surface area contributed by atoms with Gasteiger partial charge < -0.3 is 65.1 Å². The number of allylic oxidation sites excluding steroid dienone is 11. The highest BCUT2D eigenvalue weighted by Gasteiger charge is 2.51. The molecule has 2 fully saturated rings. The lowest BCUT2D eigenvalue weighted by molar-refractivity contribution is -0.359. The SMILES string of the molecule is CC/C=C\C/C=C\C/C=C\C/C=C\C/C=C\CCCCCCCCCCCCCCCCCCCCCC(=O)NC(COC1OC(CO)C(OC2OC(CO)C(O)C(O)C2O)C(O)C1O)C(O)/C=C/CCCCCCCCCCCC. The molecule has 81 heavy (non-hydrogen) atoms. The highest BCUT2D eigenvalue weighted by molar-refractivity contribution is 5.76. The Hall–Kier alpha value is -2.57. The largest absolute Gasteiger partial charge is 0.394 e.